The third-order valence-corrected chi connectivity index (χ3v) is 2.15. The van der Waals surface area contributed by atoms with Crippen molar-refractivity contribution in [1.29, 1.82) is 0 Å². The number of rotatable bonds is 2. The lowest BCUT2D eigenvalue weighted by Gasteiger charge is -2.04. The van der Waals surface area contributed by atoms with E-state index in [2.05, 4.69) is 5.32 Å². The Morgan fingerprint density at radius 1 is 1.50 bits per heavy atom. The molecule has 2 rings (SSSR count). The summed E-state index contributed by atoms with van der Waals surface area (Å²) in [7, 11) is 0. The number of aliphatic carboxylic acids is 1. The van der Waals surface area contributed by atoms with E-state index in [1.54, 1.807) is 18.2 Å². The van der Waals surface area contributed by atoms with Crippen molar-refractivity contribution in [2.45, 2.75) is 12.8 Å². The second-order valence-electron chi connectivity index (χ2n) is 3.27. The van der Waals surface area contributed by atoms with Crippen LogP contribution in [-0.2, 0) is 22.4 Å². The van der Waals surface area contributed by atoms with Crippen LogP contribution in [0.25, 0.3) is 0 Å². The molecule has 0 saturated carbocycles. The van der Waals surface area contributed by atoms with Gasteiger partial charge >= 0.3 is 0 Å². The first-order valence-corrected chi connectivity index (χ1v) is 4.26. The molecule has 0 unspecified atom stereocenters. The van der Waals surface area contributed by atoms with Crippen molar-refractivity contribution in [2.24, 2.45) is 0 Å². The van der Waals surface area contributed by atoms with Crippen LogP contribution in [0.4, 0.5) is 5.69 Å². The molecule has 72 valence electrons. The second kappa shape index (κ2) is 3.14. The molecule has 1 N–H and O–H groups in total. The molecule has 0 atom stereocenters. The molecule has 1 aliphatic rings. The average molecular weight is 190 g/mol. The number of carbonyl (C=O) groups excluding carboxylic acids is 2. The van der Waals surface area contributed by atoms with Crippen LogP contribution in [0.3, 0.4) is 0 Å². The summed E-state index contributed by atoms with van der Waals surface area (Å²) in [6.07, 6.45) is 0.254. The molecule has 1 aromatic carbocycles. The van der Waals surface area contributed by atoms with Gasteiger partial charge in [0.05, 0.1) is 6.42 Å². The van der Waals surface area contributed by atoms with Gasteiger partial charge in [-0.05, 0) is 17.2 Å². The molecular formula is C10H8NO3-. The molecule has 0 bridgehead atoms. The first kappa shape index (κ1) is 8.74. The summed E-state index contributed by atoms with van der Waals surface area (Å²) >= 11 is 0. The number of anilines is 1. The molecular weight excluding hydrogens is 182 g/mol. The lowest BCUT2D eigenvalue weighted by Crippen LogP contribution is -2.24. The zero-order valence-corrected chi connectivity index (χ0v) is 7.37. The van der Waals surface area contributed by atoms with Gasteiger partial charge < -0.3 is 15.2 Å². The van der Waals surface area contributed by atoms with Crippen molar-refractivity contribution in [3.63, 3.8) is 0 Å². The van der Waals surface area contributed by atoms with Gasteiger partial charge in [-0.2, -0.15) is 0 Å². The molecule has 0 saturated heterocycles. The van der Waals surface area contributed by atoms with E-state index in [1.807, 2.05) is 0 Å². The normalized spacial score (nSPS) is 13.6. The highest BCUT2D eigenvalue weighted by Gasteiger charge is 2.16. The van der Waals surface area contributed by atoms with Gasteiger partial charge in [0.1, 0.15) is 0 Å². The van der Waals surface area contributed by atoms with E-state index in [0.717, 1.165) is 5.56 Å². The van der Waals surface area contributed by atoms with Crippen molar-refractivity contribution in [3.05, 3.63) is 29.3 Å². The standard InChI is InChI=1S/C10H9NO3/c12-9-5-7-2-1-6(4-10(13)14)3-8(7)11-9/h1-3H,4-5H2,(H,11,12)(H,13,14)/p-1. The van der Waals surface area contributed by atoms with Crippen molar-refractivity contribution < 1.29 is 14.7 Å². The molecule has 1 amide bonds. The van der Waals surface area contributed by atoms with Gasteiger partial charge in [0.2, 0.25) is 5.91 Å². The maximum Gasteiger partial charge on any atom is 0.228 e. The number of hydrogen-bond acceptors (Lipinski definition) is 3. The Balaban J connectivity index is 2.28. The number of carboxylic acids is 1. The highest BCUT2D eigenvalue weighted by atomic mass is 16.4. The molecule has 14 heavy (non-hydrogen) atoms. The van der Waals surface area contributed by atoms with Crippen LogP contribution in [0.1, 0.15) is 11.1 Å². The van der Waals surface area contributed by atoms with E-state index in [1.165, 1.54) is 0 Å². The predicted molar refractivity (Wildman–Crippen MR) is 47.5 cm³/mol. The number of amides is 1. The minimum absolute atomic E-state index is 0.0504. The minimum atomic E-state index is -1.12. The smallest absolute Gasteiger partial charge is 0.228 e. The number of fused-ring (bicyclic) bond motifs is 1. The lowest BCUT2D eigenvalue weighted by atomic mass is 10.1. The van der Waals surface area contributed by atoms with Gasteiger partial charge in [-0.25, -0.2) is 0 Å². The minimum Gasteiger partial charge on any atom is -0.550 e. The first-order chi connectivity index (χ1) is 6.65. The Kier molecular flexibility index (Phi) is 1.96. The fraction of sp³-hybridized carbons (Fsp3) is 0.200. The van der Waals surface area contributed by atoms with Crippen molar-refractivity contribution in [3.8, 4) is 0 Å². The van der Waals surface area contributed by atoms with Crippen LogP contribution in [0.2, 0.25) is 0 Å². The largest absolute Gasteiger partial charge is 0.550 e. The van der Waals surface area contributed by atoms with Gasteiger partial charge in [-0.3, -0.25) is 4.79 Å². The van der Waals surface area contributed by atoms with Gasteiger partial charge in [0, 0.05) is 18.1 Å². The van der Waals surface area contributed by atoms with E-state index in [0.29, 0.717) is 17.7 Å². The maximum atomic E-state index is 11.0. The molecule has 0 aromatic heterocycles. The Labute approximate surface area is 80.6 Å². The SMILES string of the molecule is O=C([O-])Cc1ccc2c(c1)NC(=O)C2. The zero-order chi connectivity index (χ0) is 10.1. The number of carbonyl (C=O) groups is 2. The summed E-state index contributed by atoms with van der Waals surface area (Å²) in [5, 5.41) is 13.0. The Morgan fingerprint density at radius 3 is 3.00 bits per heavy atom. The molecule has 1 aromatic rings. The average Bonchev–Trinajstić information content (AvgIpc) is 2.42. The monoisotopic (exact) mass is 190 g/mol. The molecule has 1 heterocycles. The first-order valence-electron chi connectivity index (χ1n) is 4.26. The third-order valence-electron chi connectivity index (χ3n) is 2.15. The van der Waals surface area contributed by atoms with Crippen molar-refractivity contribution in [2.75, 3.05) is 5.32 Å². The Hall–Kier alpha value is -1.84. The molecule has 4 heteroatoms. The highest BCUT2D eigenvalue weighted by Crippen LogP contribution is 2.23. The third kappa shape index (κ3) is 1.59. The molecule has 0 spiro atoms. The van der Waals surface area contributed by atoms with Crippen molar-refractivity contribution in [1.82, 2.24) is 0 Å². The molecule has 0 radical (unpaired) electrons. The molecule has 0 fully saturated rings. The Morgan fingerprint density at radius 2 is 2.29 bits per heavy atom. The van der Waals surface area contributed by atoms with Crippen LogP contribution in [0.5, 0.6) is 0 Å². The summed E-state index contributed by atoms with van der Waals surface area (Å²) in [6, 6.07) is 5.15. The quantitative estimate of drug-likeness (QED) is 0.681. The molecule has 4 nitrogen and oxygen atoms in total. The van der Waals surface area contributed by atoms with Gasteiger partial charge in [-0.1, -0.05) is 12.1 Å². The summed E-state index contributed by atoms with van der Waals surface area (Å²) < 4.78 is 0. The fourth-order valence-electron chi connectivity index (χ4n) is 1.54. The highest BCUT2D eigenvalue weighted by molar-refractivity contribution is 5.99. The van der Waals surface area contributed by atoms with E-state index >= 15 is 0 Å². The van der Waals surface area contributed by atoms with E-state index in [4.69, 9.17) is 0 Å². The van der Waals surface area contributed by atoms with E-state index in [-0.39, 0.29) is 12.3 Å². The topological polar surface area (TPSA) is 69.2 Å². The molecule has 1 aliphatic heterocycles. The van der Waals surface area contributed by atoms with Crippen LogP contribution in [0, 0.1) is 0 Å². The summed E-state index contributed by atoms with van der Waals surface area (Å²) in [5.41, 5.74) is 2.27. The van der Waals surface area contributed by atoms with Crippen LogP contribution in [0.15, 0.2) is 18.2 Å². The van der Waals surface area contributed by atoms with Gasteiger partial charge in [0.25, 0.3) is 0 Å². The van der Waals surface area contributed by atoms with E-state index in [9.17, 15) is 14.7 Å². The number of nitrogens with one attached hydrogen (secondary N) is 1. The molecule has 0 aliphatic carbocycles. The Bertz CT molecular complexity index is 412. The van der Waals surface area contributed by atoms with E-state index < -0.39 is 5.97 Å². The maximum absolute atomic E-state index is 11.0. The fourth-order valence-corrected chi connectivity index (χ4v) is 1.54. The number of hydrogen-bond donors (Lipinski definition) is 1. The van der Waals surface area contributed by atoms with Crippen molar-refractivity contribution >= 4 is 17.6 Å². The summed E-state index contributed by atoms with van der Waals surface area (Å²) in [5.74, 6) is -1.17. The summed E-state index contributed by atoms with van der Waals surface area (Å²) in [6.45, 7) is 0. The second-order valence-corrected chi connectivity index (χ2v) is 3.27. The van der Waals surface area contributed by atoms with Crippen LogP contribution < -0.4 is 10.4 Å². The van der Waals surface area contributed by atoms with Gasteiger partial charge in [-0.15, -0.1) is 0 Å². The van der Waals surface area contributed by atoms with Crippen LogP contribution >= 0.6 is 0 Å². The summed E-state index contributed by atoms with van der Waals surface area (Å²) in [4.78, 5) is 21.3. The zero-order valence-electron chi connectivity index (χ0n) is 7.37. The lowest BCUT2D eigenvalue weighted by molar-refractivity contribution is -0.304. The van der Waals surface area contributed by atoms with Crippen LogP contribution in [-0.4, -0.2) is 11.9 Å². The predicted octanol–water partition coefficient (Wildman–Crippen LogP) is -0.526. The van der Waals surface area contributed by atoms with Gasteiger partial charge in [0.15, 0.2) is 0 Å². The number of benzene rings is 1. The number of carboxylic acid groups (broad SMARTS) is 1.